The average Bonchev–Trinajstić information content (AvgIpc) is 2.34. The van der Waals surface area contributed by atoms with Gasteiger partial charge < -0.3 is 0 Å². The molecule has 0 fully saturated rings. The average molecular weight is 354 g/mol. The summed E-state index contributed by atoms with van der Waals surface area (Å²) < 4.78 is 49.4. The summed E-state index contributed by atoms with van der Waals surface area (Å²) in [6, 6.07) is 4.97. The van der Waals surface area contributed by atoms with Gasteiger partial charge in [0.25, 0.3) is 9.05 Å². The van der Waals surface area contributed by atoms with Crippen LogP contribution in [-0.4, -0.2) is 23.4 Å². The van der Waals surface area contributed by atoms with Gasteiger partial charge in [-0.15, -0.1) is 0 Å². The van der Waals surface area contributed by atoms with E-state index in [1.165, 1.54) is 18.2 Å². The molecule has 0 radical (unpaired) electrons. The fraction of sp³-hybridized carbons (Fsp3) is 0.538. The van der Waals surface area contributed by atoms with Crippen LogP contribution in [0, 0.1) is 11.3 Å². The molecule has 0 aliphatic heterocycles. The Hall–Kier alpha value is -0.630. The molecule has 1 rings (SSSR count). The lowest BCUT2D eigenvalue weighted by molar-refractivity contribution is 0.263. The predicted molar refractivity (Wildman–Crippen MR) is 83.3 cm³/mol. The van der Waals surface area contributed by atoms with Crippen molar-refractivity contribution < 1.29 is 16.8 Å². The summed E-state index contributed by atoms with van der Waals surface area (Å²) in [7, 11) is -2.51. The van der Waals surface area contributed by atoms with Crippen LogP contribution in [0.4, 0.5) is 0 Å². The van der Waals surface area contributed by atoms with E-state index in [9.17, 15) is 16.8 Å². The molecule has 0 amide bonds. The standard InChI is InChI=1S/C13H20ClNO4S2/c1-10(13(2,3)4)9-15-21(18,19)12-7-5-6-11(8-12)20(14,16)17/h5-8,10,15H,9H2,1-4H3. The Labute approximate surface area is 131 Å². The Kier molecular flexibility index (Phi) is 5.47. The Morgan fingerprint density at radius 2 is 1.67 bits per heavy atom. The highest BCUT2D eigenvalue weighted by molar-refractivity contribution is 8.13. The first-order valence-corrected chi connectivity index (χ1v) is 10.2. The van der Waals surface area contributed by atoms with Gasteiger partial charge in [0.1, 0.15) is 0 Å². The smallest absolute Gasteiger partial charge is 0.211 e. The molecule has 5 nitrogen and oxygen atoms in total. The van der Waals surface area contributed by atoms with Gasteiger partial charge in [-0.2, -0.15) is 0 Å². The van der Waals surface area contributed by atoms with E-state index in [1.54, 1.807) is 0 Å². The zero-order valence-electron chi connectivity index (χ0n) is 12.4. The third kappa shape index (κ3) is 5.25. The molecule has 0 saturated heterocycles. The molecule has 0 aromatic heterocycles. The topological polar surface area (TPSA) is 80.3 Å². The SMILES string of the molecule is CC(CNS(=O)(=O)c1cccc(S(=O)(=O)Cl)c1)C(C)(C)C. The molecule has 8 heteroatoms. The summed E-state index contributed by atoms with van der Waals surface area (Å²) in [5.74, 6) is 0.118. The number of rotatable bonds is 5. The quantitative estimate of drug-likeness (QED) is 0.825. The van der Waals surface area contributed by atoms with Gasteiger partial charge in [0.15, 0.2) is 0 Å². The summed E-state index contributed by atoms with van der Waals surface area (Å²) in [4.78, 5) is -0.360. The van der Waals surface area contributed by atoms with Crippen LogP contribution in [0.2, 0.25) is 0 Å². The lowest BCUT2D eigenvalue weighted by atomic mass is 9.82. The zero-order valence-corrected chi connectivity index (χ0v) is 14.8. The van der Waals surface area contributed by atoms with Gasteiger partial charge in [0.2, 0.25) is 10.0 Å². The van der Waals surface area contributed by atoms with Crippen LogP contribution >= 0.6 is 10.7 Å². The molecule has 1 unspecified atom stereocenters. The molecule has 1 atom stereocenters. The fourth-order valence-electron chi connectivity index (χ4n) is 1.42. The zero-order chi connectivity index (χ0) is 16.5. The van der Waals surface area contributed by atoms with Gasteiger partial charge in [-0.25, -0.2) is 21.6 Å². The summed E-state index contributed by atoms with van der Waals surface area (Å²) in [5, 5.41) is 0. The molecule has 0 aliphatic carbocycles. The van der Waals surface area contributed by atoms with Crippen LogP contribution in [0.5, 0.6) is 0 Å². The van der Waals surface area contributed by atoms with Crippen molar-refractivity contribution in [3.8, 4) is 0 Å². The van der Waals surface area contributed by atoms with Gasteiger partial charge >= 0.3 is 0 Å². The third-order valence-electron chi connectivity index (χ3n) is 3.46. The van der Waals surface area contributed by atoms with Crippen molar-refractivity contribution in [1.29, 1.82) is 0 Å². The van der Waals surface area contributed by atoms with Gasteiger partial charge in [-0.05, 0) is 29.5 Å². The summed E-state index contributed by atoms with van der Waals surface area (Å²) in [6.45, 7) is 8.28. The maximum Gasteiger partial charge on any atom is 0.261 e. The third-order valence-corrected chi connectivity index (χ3v) is 6.23. The Bertz CT molecular complexity index is 706. The van der Waals surface area contributed by atoms with Crippen LogP contribution in [-0.2, 0) is 19.1 Å². The first kappa shape index (κ1) is 18.4. The number of hydrogen-bond acceptors (Lipinski definition) is 4. The van der Waals surface area contributed by atoms with Crippen molar-refractivity contribution >= 4 is 29.8 Å². The molecule has 0 heterocycles. The molecule has 1 aromatic carbocycles. The number of halogens is 1. The first-order chi connectivity index (χ1) is 9.34. The van der Waals surface area contributed by atoms with Gasteiger partial charge in [0.05, 0.1) is 9.79 Å². The monoisotopic (exact) mass is 353 g/mol. The van der Waals surface area contributed by atoms with Crippen molar-refractivity contribution in [3.63, 3.8) is 0 Å². The van der Waals surface area contributed by atoms with E-state index in [0.717, 1.165) is 6.07 Å². The van der Waals surface area contributed by atoms with E-state index in [0.29, 0.717) is 0 Å². The molecule has 1 aromatic rings. The van der Waals surface area contributed by atoms with Crippen molar-refractivity contribution in [2.45, 2.75) is 37.5 Å². The van der Waals surface area contributed by atoms with E-state index in [2.05, 4.69) is 4.72 Å². The lowest BCUT2D eigenvalue weighted by Gasteiger charge is -2.27. The number of nitrogens with one attached hydrogen (secondary N) is 1. The van der Waals surface area contributed by atoms with E-state index < -0.39 is 19.1 Å². The number of hydrogen-bond donors (Lipinski definition) is 1. The summed E-state index contributed by atoms with van der Waals surface area (Å²) >= 11 is 0. The minimum absolute atomic E-state index is 0.0379. The van der Waals surface area contributed by atoms with Crippen molar-refractivity contribution in [3.05, 3.63) is 24.3 Å². The molecule has 0 aliphatic rings. The van der Waals surface area contributed by atoms with E-state index in [1.807, 2.05) is 27.7 Å². The minimum atomic E-state index is -3.96. The van der Waals surface area contributed by atoms with Crippen LogP contribution in [0.15, 0.2) is 34.1 Å². The Balaban J connectivity index is 3.00. The molecular formula is C13H20ClNO4S2. The largest absolute Gasteiger partial charge is 0.261 e. The second-order valence-electron chi connectivity index (χ2n) is 6.03. The highest BCUT2D eigenvalue weighted by atomic mass is 35.7. The van der Waals surface area contributed by atoms with E-state index in [4.69, 9.17) is 10.7 Å². The lowest BCUT2D eigenvalue weighted by Crippen LogP contribution is -2.33. The molecule has 21 heavy (non-hydrogen) atoms. The predicted octanol–water partition coefficient (Wildman–Crippen LogP) is 2.57. The molecule has 120 valence electrons. The molecule has 0 saturated carbocycles. The van der Waals surface area contributed by atoms with Crippen molar-refractivity contribution in [2.75, 3.05) is 6.54 Å². The van der Waals surface area contributed by atoms with Gasteiger partial charge in [-0.3, -0.25) is 0 Å². The maximum atomic E-state index is 12.2. The van der Waals surface area contributed by atoms with Crippen LogP contribution in [0.25, 0.3) is 0 Å². The minimum Gasteiger partial charge on any atom is -0.211 e. The second-order valence-corrected chi connectivity index (χ2v) is 10.4. The molecule has 1 N–H and O–H groups in total. The van der Waals surface area contributed by atoms with E-state index >= 15 is 0 Å². The normalized spacial score (nSPS) is 14.9. The summed E-state index contributed by atoms with van der Waals surface area (Å²) in [5.41, 5.74) is -0.0379. The van der Waals surface area contributed by atoms with E-state index in [-0.39, 0.29) is 27.7 Å². The second kappa shape index (κ2) is 6.24. The highest BCUT2D eigenvalue weighted by Crippen LogP contribution is 2.25. The van der Waals surface area contributed by atoms with Crippen molar-refractivity contribution in [1.82, 2.24) is 4.72 Å². The summed E-state index contributed by atoms with van der Waals surface area (Å²) in [6.07, 6.45) is 0. The van der Waals surface area contributed by atoms with Gasteiger partial charge in [-0.1, -0.05) is 33.8 Å². The van der Waals surface area contributed by atoms with Gasteiger partial charge in [0, 0.05) is 17.2 Å². The Morgan fingerprint density at radius 1 is 1.14 bits per heavy atom. The Morgan fingerprint density at radius 3 is 2.14 bits per heavy atom. The molecule has 0 spiro atoms. The first-order valence-electron chi connectivity index (χ1n) is 6.38. The molecular weight excluding hydrogens is 334 g/mol. The maximum absolute atomic E-state index is 12.2. The number of sulfonamides is 1. The van der Waals surface area contributed by atoms with Crippen LogP contribution in [0.1, 0.15) is 27.7 Å². The molecule has 0 bridgehead atoms. The fourth-order valence-corrected chi connectivity index (χ4v) is 3.46. The highest BCUT2D eigenvalue weighted by Gasteiger charge is 2.23. The van der Waals surface area contributed by atoms with Crippen LogP contribution in [0.3, 0.4) is 0 Å². The van der Waals surface area contributed by atoms with Crippen molar-refractivity contribution in [2.24, 2.45) is 11.3 Å². The van der Waals surface area contributed by atoms with Crippen LogP contribution < -0.4 is 4.72 Å². The number of benzene rings is 1.